The van der Waals surface area contributed by atoms with Crippen molar-refractivity contribution in [2.24, 2.45) is 0 Å². The Bertz CT molecular complexity index is 867. The van der Waals surface area contributed by atoms with Crippen molar-refractivity contribution in [3.63, 3.8) is 0 Å². The average molecular weight is 292 g/mol. The highest BCUT2D eigenvalue weighted by molar-refractivity contribution is 5.54. The Morgan fingerprint density at radius 2 is 2.00 bits per heavy atom. The van der Waals surface area contributed by atoms with Crippen molar-refractivity contribution in [1.29, 1.82) is 0 Å². The minimum atomic E-state index is -0.104. The molecule has 0 fully saturated rings. The van der Waals surface area contributed by atoms with Gasteiger partial charge in [-0.05, 0) is 30.7 Å². The van der Waals surface area contributed by atoms with Crippen LogP contribution in [0.4, 0.5) is 0 Å². The first-order valence-corrected chi connectivity index (χ1v) is 7.07. The van der Waals surface area contributed by atoms with E-state index in [1.54, 1.807) is 19.2 Å². The summed E-state index contributed by atoms with van der Waals surface area (Å²) in [6.45, 7) is 2.21. The molecule has 2 heterocycles. The molecule has 0 spiro atoms. The minimum absolute atomic E-state index is 0.104. The molecule has 0 radical (unpaired) electrons. The summed E-state index contributed by atoms with van der Waals surface area (Å²) in [6.07, 6.45) is 5.62. The lowest BCUT2D eigenvalue weighted by Gasteiger charge is -2.07. The third-order valence-corrected chi connectivity index (χ3v) is 3.23. The lowest BCUT2D eigenvalue weighted by Crippen LogP contribution is -2.15. The molecular weight excluding hydrogens is 276 g/mol. The Hall–Kier alpha value is -2.88. The molecule has 0 amide bonds. The van der Waals surface area contributed by atoms with Gasteiger partial charge in [-0.25, -0.2) is 4.98 Å². The number of pyridine rings is 1. The molecular formula is C18H16N2O2. The Balaban J connectivity index is 1.80. The van der Waals surface area contributed by atoms with Crippen molar-refractivity contribution in [2.75, 3.05) is 6.61 Å². The average Bonchev–Trinajstić information content (AvgIpc) is 2.53. The first-order valence-electron chi connectivity index (χ1n) is 7.07. The summed E-state index contributed by atoms with van der Waals surface area (Å²) in [5, 5.41) is 0. The van der Waals surface area contributed by atoms with E-state index in [-0.39, 0.29) is 5.56 Å². The van der Waals surface area contributed by atoms with Gasteiger partial charge in [-0.3, -0.25) is 9.20 Å². The number of hydrogen-bond acceptors (Lipinski definition) is 3. The molecule has 0 unspecified atom stereocenters. The zero-order chi connectivity index (χ0) is 15.4. The van der Waals surface area contributed by atoms with Crippen LogP contribution in [-0.4, -0.2) is 16.0 Å². The second kappa shape index (κ2) is 6.26. The summed E-state index contributed by atoms with van der Waals surface area (Å²) in [5.74, 6) is 0.598. The first kappa shape index (κ1) is 14.1. The highest BCUT2D eigenvalue weighted by atomic mass is 16.5. The van der Waals surface area contributed by atoms with E-state index in [1.165, 1.54) is 10.5 Å². The minimum Gasteiger partial charge on any atom is -0.486 e. The van der Waals surface area contributed by atoms with E-state index in [9.17, 15) is 4.79 Å². The molecule has 0 aliphatic rings. The van der Waals surface area contributed by atoms with Crippen molar-refractivity contribution < 1.29 is 4.74 Å². The van der Waals surface area contributed by atoms with Gasteiger partial charge in [-0.15, -0.1) is 0 Å². The van der Waals surface area contributed by atoms with Crippen molar-refractivity contribution in [2.45, 2.75) is 6.92 Å². The Labute approximate surface area is 128 Å². The van der Waals surface area contributed by atoms with Gasteiger partial charge < -0.3 is 4.74 Å². The van der Waals surface area contributed by atoms with E-state index in [2.05, 4.69) is 4.98 Å². The van der Waals surface area contributed by atoms with E-state index in [4.69, 9.17) is 4.74 Å². The number of nitrogens with zero attached hydrogens (tertiary/aromatic N) is 2. The number of hydrogen-bond donors (Lipinski definition) is 0. The van der Waals surface area contributed by atoms with Gasteiger partial charge in [0.25, 0.3) is 5.56 Å². The molecule has 1 aromatic carbocycles. The van der Waals surface area contributed by atoms with Gasteiger partial charge in [0.15, 0.2) is 11.4 Å². The molecule has 0 atom stereocenters. The molecule has 0 saturated heterocycles. The number of aryl methyl sites for hydroxylation is 1. The number of aromatic nitrogens is 2. The molecule has 0 N–H and O–H groups in total. The third kappa shape index (κ3) is 3.06. The maximum atomic E-state index is 11.9. The molecule has 2 aromatic heterocycles. The summed E-state index contributed by atoms with van der Waals surface area (Å²) >= 11 is 0. The van der Waals surface area contributed by atoms with Gasteiger partial charge in [0, 0.05) is 18.0 Å². The molecule has 22 heavy (non-hydrogen) atoms. The zero-order valence-electron chi connectivity index (χ0n) is 12.3. The van der Waals surface area contributed by atoms with E-state index in [0.717, 1.165) is 5.56 Å². The molecule has 0 bridgehead atoms. The smallest absolute Gasteiger partial charge is 0.258 e. The van der Waals surface area contributed by atoms with E-state index in [0.29, 0.717) is 23.7 Å². The quantitative estimate of drug-likeness (QED) is 0.742. The highest BCUT2D eigenvalue weighted by Gasteiger charge is 2.05. The van der Waals surface area contributed by atoms with Crippen LogP contribution in [0.25, 0.3) is 11.7 Å². The number of benzene rings is 1. The number of ether oxygens (including phenoxy) is 1. The van der Waals surface area contributed by atoms with Crippen molar-refractivity contribution in [3.8, 4) is 5.75 Å². The van der Waals surface area contributed by atoms with Crippen LogP contribution in [0.5, 0.6) is 5.75 Å². The predicted octanol–water partition coefficient (Wildman–Crippen LogP) is 3.10. The fraction of sp³-hybridized carbons (Fsp3) is 0.111. The Kier molecular flexibility index (Phi) is 4.01. The zero-order valence-corrected chi connectivity index (χ0v) is 12.3. The monoisotopic (exact) mass is 292 g/mol. The maximum Gasteiger partial charge on any atom is 0.258 e. The van der Waals surface area contributed by atoms with Gasteiger partial charge in [-0.1, -0.05) is 36.4 Å². The normalized spacial score (nSPS) is 11.1. The van der Waals surface area contributed by atoms with Crippen LogP contribution in [0.1, 0.15) is 11.3 Å². The fourth-order valence-corrected chi connectivity index (χ4v) is 2.21. The van der Waals surface area contributed by atoms with Gasteiger partial charge in [0.2, 0.25) is 0 Å². The van der Waals surface area contributed by atoms with Gasteiger partial charge in [0.1, 0.15) is 6.61 Å². The van der Waals surface area contributed by atoms with Crippen LogP contribution in [0.2, 0.25) is 0 Å². The summed E-state index contributed by atoms with van der Waals surface area (Å²) in [4.78, 5) is 16.3. The third-order valence-electron chi connectivity index (χ3n) is 3.23. The Morgan fingerprint density at radius 3 is 2.82 bits per heavy atom. The standard InChI is InChI=1S/C18H16N2O2/c1-14-13-17(21)20-11-5-10-16(18(20)19-14)22-12-6-9-15-7-3-2-4-8-15/h2-11,13H,12H2,1H3/b9-6+. The largest absolute Gasteiger partial charge is 0.486 e. The molecule has 4 nitrogen and oxygen atoms in total. The molecule has 3 rings (SSSR count). The molecule has 4 heteroatoms. The van der Waals surface area contributed by atoms with Gasteiger partial charge >= 0.3 is 0 Å². The first-order chi connectivity index (χ1) is 10.7. The van der Waals surface area contributed by atoms with Crippen LogP contribution in [0.15, 0.2) is 65.6 Å². The predicted molar refractivity (Wildman–Crippen MR) is 87.2 cm³/mol. The topological polar surface area (TPSA) is 43.6 Å². The van der Waals surface area contributed by atoms with E-state index < -0.39 is 0 Å². The van der Waals surface area contributed by atoms with Crippen LogP contribution in [0.3, 0.4) is 0 Å². The number of rotatable bonds is 4. The molecule has 0 aliphatic heterocycles. The van der Waals surface area contributed by atoms with Crippen molar-refractivity contribution in [1.82, 2.24) is 9.38 Å². The lowest BCUT2D eigenvalue weighted by molar-refractivity contribution is 0.365. The summed E-state index contributed by atoms with van der Waals surface area (Å²) in [6, 6.07) is 15.1. The van der Waals surface area contributed by atoms with Crippen molar-refractivity contribution in [3.05, 3.63) is 82.4 Å². The van der Waals surface area contributed by atoms with Crippen LogP contribution < -0.4 is 10.3 Å². The van der Waals surface area contributed by atoms with Gasteiger partial charge in [-0.2, -0.15) is 0 Å². The van der Waals surface area contributed by atoms with Gasteiger partial charge in [0.05, 0.1) is 0 Å². The second-order valence-corrected chi connectivity index (χ2v) is 4.93. The van der Waals surface area contributed by atoms with E-state index in [1.807, 2.05) is 48.6 Å². The SMILES string of the molecule is Cc1cc(=O)n2cccc(OC/C=C/c3ccccc3)c2n1. The van der Waals surface area contributed by atoms with Crippen molar-refractivity contribution >= 4 is 11.7 Å². The Morgan fingerprint density at radius 1 is 1.18 bits per heavy atom. The highest BCUT2D eigenvalue weighted by Crippen LogP contribution is 2.16. The number of fused-ring (bicyclic) bond motifs is 1. The van der Waals surface area contributed by atoms with E-state index >= 15 is 0 Å². The lowest BCUT2D eigenvalue weighted by atomic mass is 10.2. The molecule has 110 valence electrons. The molecule has 0 aliphatic carbocycles. The fourth-order valence-electron chi connectivity index (χ4n) is 2.21. The van der Waals surface area contributed by atoms with Crippen LogP contribution in [-0.2, 0) is 0 Å². The van der Waals surface area contributed by atoms with Crippen LogP contribution in [0, 0.1) is 6.92 Å². The maximum absolute atomic E-state index is 11.9. The second-order valence-electron chi connectivity index (χ2n) is 4.93. The summed E-state index contributed by atoms with van der Waals surface area (Å²) in [5.41, 5.74) is 2.24. The summed E-state index contributed by atoms with van der Waals surface area (Å²) < 4.78 is 7.23. The molecule has 0 saturated carbocycles. The molecule has 3 aromatic rings. The van der Waals surface area contributed by atoms with Crippen LogP contribution >= 0.6 is 0 Å². The summed E-state index contributed by atoms with van der Waals surface area (Å²) in [7, 11) is 0.